The molecule has 0 fully saturated rings. The van der Waals surface area contributed by atoms with E-state index in [0.29, 0.717) is 5.39 Å². The molecular weight excluding hydrogens is 292 g/mol. The number of carbonyl (C=O) groups excluding carboxylic acids is 1. The van der Waals surface area contributed by atoms with Crippen molar-refractivity contribution in [1.29, 1.82) is 5.26 Å². The zero-order chi connectivity index (χ0) is 16.1. The van der Waals surface area contributed by atoms with E-state index in [9.17, 15) is 13.6 Å². The molecule has 0 aliphatic rings. The Morgan fingerprint density at radius 1 is 1.27 bits per heavy atom. The fourth-order valence-electron chi connectivity index (χ4n) is 2.01. The summed E-state index contributed by atoms with van der Waals surface area (Å²) >= 11 is 0. The summed E-state index contributed by atoms with van der Waals surface area (Å²) in [5.41, 5.74) is -0.0849. The summed E-state index contributed by atoms with van der Waals surface area (Å²) in [6.07, 6.45) is 1.19. The Kier molecular flexibility index (Phi) is 4.69. The highest BCUT2D eigenvalue weighted by Crippen LogP contribution is 2.31. The number of benzene rings is 2. The third-order valence-electron chi connectivity index (χ3n) is 2.96. The minimum absolute atomic E-state index is 0.120. The van der Waals surface area contributed by atoms with Gasteiger partial charge in [0.1, 0.15) is 17.4 Å². The number of rotatable bonds is 4. The average molecular weight is 303 g/mol. The van der Waals surface area contributed by atoms with Crippen molar-refractivity contribution in [2.24, 2.45) is 0 Å². The lowest BCUT2D eigenvalue weighted by Crippen LogP contribution is -2.05. The second kappa shape index (κ2) is 6.68. The van der Waals surface area contributed by atoms with Gasteiger partial charge in [-0.25, -0.2) is 4.79 Å². The number of esters is 1. The lowest BCUT2D eigenvalue weighted by Gasteiger charge is -2.11. The monoisotopic (exact) mass is 303 g/mol. The normalized spacial score (nSPS) is 11.3. The quantitative estimate of drug-likeness (QED) is 0.492. The molecular formula is C16H11F2NO3. The second-order valence-corrected chi connectivity index (χ2v) is 4.24. The summed E-state index contributed by atoms with van der Waals surface area (Å²) in [4.78, 5) is 11.5. The predicted octanol–water partition coefficient (Wildman–Crippen LogP) is 3.52. The van der Waals surface area contributed by atoms with Crippen molar-refractivity contribution < 1.29 is 23.0 Å². The van der Waals surface area contributed by atoms with Gasteiger partial charge < -0.3 is 9.47 Å². The predicted molar refractivity (Wildman–Crippen MR) is 76.2 cm³/mol. The molecule has 0 aliphatic heterocycles. The Bertz CT molecular complexity index is 779. The van der Waals surface area contributed by atoms with Gasteiger partial charge in [0, 0.05) is 5.56 Å². The maximum atomic E-state index is 12.5. The molecule has 0 radical (unpaired) electrons. The van der Waals surface area contributed by atoms with Crippen LogP contribution in [0.15, 0.2) is 42.0 Å². The van der Waals surface area contributed by atoms with Crippen molar-refractivity contribution in [1.82, 2.24) is 0 Å². The van der Waals surface area contributed by atoms with Crippen molar-refractivity contribution in [3.63, 3.8) is 0 Å². The first-order valence-electron chi connectivity index (χ1n) is 6.23. The van der Waals surface area contributed by atoms with Crippen LogP contribution in [0.4, 0.5) is 8.78 Å². The van der Waals surface area contributed by atoms with Gasteiger partial charge in [-0.1, -0.05) is 30.3 Å². The highest BCUT2D eigenvalue weighted by atomic mass is 19.3. The Morgan fingerprint density at radius 2 is 2.00 bits per heavy atom. The van der Waals surface area contributed by atoms with E-state index in [1.165, 1.54) is 12.1 Å². The Morgan fingerprint density at radius 3 is 2.64 bits per heavy atom. The van der Waals surface area contributed by atoms with Crippen molar-refractivity contribution in [2.75, 3.05) is 7.11 Å². The summed E-state index contributed by atoms with van der Waals surface area (Å²) in [7, 11) is 1.13. The summed E-state index contributed by atoms with van der Waals surface area (Å²) in [5.74, 6) is -0.969. The number of hydrogen-bond donors (Lipinski definition) is 0. The highest BCUT2D eigenvalue weighted by molar-refractivity contribution is 6.02. The molecule has 0 N–H and O–H groups in total. The topological polar surface area (TPSA) is 59.3 Å². The van der Waals surface area contributed by atoms with Gasteiger partial charge in [-0.2, -0.15) is 14.0 Å². The van der Waals surface area contributed by atoms with Gasteiger partial charge in [-0.3, -0.25) is 0 Å². The molecule has 0 heterocycles. The van der Waals surface area contributed by atoms with Gasteiger partial charge in [0.05, 0.1) is 7.11 Å². The molecule has 0 aromatic heterocycles. The smallest absolute Gasteiger partial charge is 0.387 e. The largest absolute Gasteiger partial charge is 0.465 e. The Labute approximate surface area is 125 Å². The molecule has 0 aliphatic carbocycles. The van der Waals surface area contributed by atoms with Crippen molar-refractivity contribution >= 4 is 22.8 Å². The Hall–Kier alpha value is -2.94. The number of hydrogen-bond acceptors (Lipinski definition) is 4. The molecule has 0 saturated carbocycles. The number of alkyl halides is 2. The van der Waals surface area contributed by atoms with E-state index in [4.69, 9.17) is 5.26 Å². The summed E-state index contributed by atoms with van der Waals surface area (Å²) < 4.78 is 34.1. The molecule has 0 saturated heterocycles. The molecule has 112 valence electrons. The number of halogens is 2. The van der Waals surface area contributed by atoms with Crippen LogP contribution in [-0.2, 0) is 9.53 Å². The molecule has 4 nitrogen and oxygen atoms in total. The molecule has 2 aromatic carbocycles. The van der Waals surface area contributed by atoms with Gasteiger partial charge in [-0.05, 0) is 22.9 Å². The van der Waals surface area contributed by atoms with Crippen LogP contribution < -0.4 is 4.74 Å². The van der Waals surface area contributed by atoms with E-state index >= 15 is 0 Å². The standard InChI is InChI=1S/C16H11F2NO3/c1-21-15(20)11(9-19)8-13-12-5-3-2-4-10(12)6-7-14(13)22-16(17)18/h2-8,16H,1H3/b11-8+. The zero-order valence-corrected chi connectivity index (χ0v) is 11.5. The average Bonchev–Trinajstić information content (AvgIpc) is 2.52. The van der Waals surface area contributed by atoms with E-state index in [-0.39, 0.29) is 16.9 Å². The molecule has 0 spiro atoms. The van der Waals surface area contributed by atoms with Crippen LogP contribution in [0.25, 0.3) is 16.8 Å². The third-order valence-corrected chi connectivity index (χ3v) is 2.96. The van der Waals surface area contributed by atoms with Crippen LogP contribution in [0.1, 0.15) is 5.56 Å². The maximum Gasteiger partial charge on any atom is 0.387 e. The van der Waals surface area contributed by atoms with Crippen molar-refractivity contribution in [3.8, 4) is 11.8 Å². The summed E-state index contributed by atoms with van der Waals surface area (Å²) in [6, 6.07) is 11.6. The summed E-state index contributed by atoms with van der Waals surface area (Å²) in [6.45, 7) is -3.02. The third kappa shape index (κ3) is 3.20. The van der Waals surface area contributed by atoms with E-state index < -0.39 is 12.6 Å². The van der Waals surface area contributed by atoms with Crippen LogP contribution in [0.2, 0.25) is 0 Å². The van der Waals surface area contributed by atoms with Gasteiger partial charge in [0.15, 0.2) is 0 Å². The number of methoxy groups -OCH3 is 1. The minimum atomic E-state index is -3.02. The van der Waals surface area contributed by atoms with Crippen LogP contribution in [0.3, 0.4) is 0 Å². The molecule has 6 heteroatoms. The van der Waals surface area contributed by atoms with Gasteiger partial charge in [0.25, 0.3) is 0 Å². The lowest BCUT2D eigenvalue weighted by molar-refractivity contribution is -0.135. The maximum absolute atomic E-state index is 12.5. The number of nitriles is 1. The minimum Gasteiger partial charge on any atom is -0.465 e. The van der Waals surface area contributed by atoms with Crippen LogP contribution in [-0.4, -0.2) is 19.7 Å². The van der Waals surface area contributed by atoms with Gasteiger partial charge >= 0.3 is 12.6 Å². The Balaban J connectivity index is 2.69. The lowest BCUT2D eigenvalue weighted by atomic mass is 10.0. The molecule has 0 unspecified atom stereocenters. The highest BCUT2D eigenvalue weighted by Gasteiger charge is 2.15. The van der Waals surface area contributed by atoms with E-state index in [0.717, 1.165) is 12.5 Å². The number of fused-ring (bicyclic) bond motifs is 1. The van der Waals surface area contributed by atoms with Gasteiger partial charge in [0.2, 0.25) is 0 Å². The fraction of sp³-hybridized carbons (Fsp3) is 0.125. The first-order valence-corrected chi connectivity index (χ1v) is 6.23. The van der Waals surface area contributed by atoms with Crippen LogP contribution in [0, 0.1) is 11.3 Å². The number of nitrogens with zero attached hydrogens (tertiary/aromatic N) is 1. The van der Waals surface area contributed by atoms with Gasteiger partial charge in [-0.15, -0.1) is 0 Å². The van der Waals surface area contributed by atoms with E-state index in [2.05, 4.69) is 9.47 Å². The fourth-order valence-corrected chi connectivity index (χ4v) is 2.01. The first kappa shape index (κ1) is 15.4. The zero-order valence-electron chi connectivity index (χ0n) is 11.5. The van der Waals surface area contributed by atoms with Crippen LogP contribution in [0.5, 0.6) is 5.75 Å². The first-order chi connectivity index (χ1) is 10.6. The molecule has 0 atom stereocenters. The van der Waals surface area contributed by atoms with E-state index in [1.54, 1.807) is 36.4 Å². The molecule has 0 amide bonds. The molecule has 0 bridgehead atoms. The second-order valence-electron chi connectivity index (χ2n) is 4.24. The number of carbonyl (C=O) groups is 1. The SMILES string of the molecule is COC(=O)/C(C#N)=C/c1c(OC(F)F)ccc2ccccc12. The van der Waals surface area contributed by atoms with Crippen LogP contribution >= 0.6 is 0 Å². The molecule has 2 aromatic rings. The van der Waals surface area contributed by atoms with Crippen molar-refractivity contribution in [3.05, 3.63) is 47.5 Å². The van der Waals surface area contributed by atoms with E-state index in [1.807, 2.05) is 0 Å². The molecule has 2 rings (SSSR count). The summed E-state index contributed by atoms with van der Waals surface area (Å²) in [5, 5.41) is 10.4. The number of ether oxygens (including phenoxy) is 2. The van der Waals surface area contributed by atoms with Crippen molar-refractivity contribution in [2.45, 2.75) is 6.61 Å². The molecule has 22 heavy (non-hydrogen) atoms.